The van der Waals surface area contributed by atoms with Crippen molar-refractivity contribution < 1.29 is 4.79 Å². The van der Waals surface area contributed by atoms with Crippen molar-refractivity contribution >= 4 is 46.7 Å². The molecule has 0 bridgehead atoms. The van der Waals surface area contributed by atoms with Gasteiger partial charge in [0.05, 0.1) is 0 Å². The van der Waals surface area contributed by atoms with Gasteiger partial charge < -0.3 is 0 Å². The Morgan fingerprint density at radius 3 is 2.54 bits per heavy atom. The van der Waals surface area contributed by atoms with E-state index in [1.165, 1.54) is 0 Å². The molecule has 0 spiro atoms. The summed E-state index contributed by atoms with van der Waals surface area (Å²) in [5, 5.41) is 0.685. The summed E-state index contributed by atoms with van der Waals surface area (Å²) in [7, 11) is 0. The number of benzene rings is 3. The van der Waals surface area contributed by atoms with Crippen LogP contribution in [0.5, 0.6) is 0 Å². The zero-order chi connectivity index (χ0) is 17.9. The third-order valence-electron chi connectivity index (χ3n) is 4.13. The average molecular weight is 426 g/mol. The van der Waals surface area contributed by atoms with Crippen LogP contribution in [-0.2, 0) is 6.54 Å². The number of rotatable bonds is 5. The standard InChI is InChI=1S/C21H15ClN2OSe/c22-16-9-11-17(12-10-16)26-21(25)18-6-2-1-5-15(18)13-24-14-23-19-7-3-4-8-20(19)24/h1-12,14H,13H2. The molecule has 0 aliphatic carbocycles. The Bertz CT molecular complexity index is 1070. The predicted molar refractivity (Wildman–Crippen MR) is 106 cm³/mol. The molecule has 1 heterocycles. The Hall–Kier alpha value is -2.39. The second-order valence-corrected chi connectivity index (χ2v) is 8.49. The summed E-state index contributed by atoms with van der Waals surface area (Å²) >= 11 is 5.65. The molecule has 5 heteroatoms. The molecular weight excluding hydrogens is 411 g/mol. The van der Waals surface area contributed by atoms with Crippen LogP contribution in [-0.4, -0.2) is 29.2 Å². The fourth-order valence-corrected chi connectivity index (χ4v) is 4.64. The molecule has 4 aromatic rings. The van der Waals surface area contributed by atoms with Crippen LogP contribution in [0, 0.1) is 0 Å². The van der Waals surface area contributed by atoms with E-state index in [2.05, 4.69) is 9.55 Å². The van der Waals surface area contributed by atoms with Crippen molar-refractivity contribution in [2.24, 2.45) is 0 Å². The Morgan fingerprint density at radius 2 is 1.69 bits per heavy atom. The minimum absolute atomic E-state index is 0.167. The predicted octanol–water partition coefficient (Wildman–Crippen LogP) is 3.91. The molecule has 0 saturated carbocycles. The summed E-state index contributed by atoms with van der Waals surface area (Å²) in [5.74, 6) is 0. The van der Waals surface area contributed by atoms with E-state index in [0.717, 1.165) is 26.6 Å². The van der Waals surface area contributed by atoms with Gasteiger partial charge in [0.2, 0.25) is 0 Å². The van der Waals surface area contributed by atoms with Crippen LogP contribution in [0.2, 0.25) is 5.02 Å². The maximum absolute atomic E-state index is 12.9. The van der Waals surface area contributed by atoms with E-state index in [1.54, 1.807) is 0 Å². The molecule has 0 atom stereocenters. The molecule has 3 aromatic carbocycles. The normalized spacial score (nSPS) is 11.0. The first-order valence-corrected chi connectivity index (χ1v) is 10.3. The fraction of sp³-hybridized carbons (Fsp3) is 0.0476. The van der Waals surface area contributed by atoms with E-state index in [1.807, 2.05) is 79.1 Å². The quantitative estimate of drug-likeness (QED) is 0.454. The van der Waals surface area contributed by atoms with Gasteiger partial charge in [0, 0.05) is 0 Å². The van der Waals surface area contributed by atoms with Crippen molar-refractivity contribution in [2.75, 3.05) is 0 Å². The van der Waals surface area contributed by atoms with Gasteiger partial charge in [0.25, 0.3) is 0 Å². The van der Waals surface area contributed by atoms with Crippen LogP contribution in [0.3, 0.4) is 0 Å². The maximum atomic E-state index is 12.9. The third-order valence-corrected chi connectivity index (χ3v) is 6.30. The fourth-order valence-electron chi connectivity index (χ4n) is 2.84. The molecule has 0 saturated heterocycles. The van der Waals surface area contributed by atoms with E-state index in [0.29, 0.717) is 11.6 Å². The van der Waals surface area contributed by atoms with Crippen LogP contribution < -0.4 is 4.46 Å². The molecule has 26 heavy (non-hydrogen) atoms. The van der Waals surface area contributed by atoms with Crippen LogP contribution in [0.15, 0.2) is 79.1 Å². The van der Waals surface area contributed by atoms with Crippen molar-refractivity contribution in [2.45, 2.75) is 6.54 Å². The number of hydrogen-bond acceptors (Lipinski definition) is 2. The first kappa shape index (κ1) is 17.0. The molecule has 0 radical (unpaired) electrons. The van der Waals surface area contributed by atoms with Crippen LogP contribution in [0.4, 0.5) is 0 Å². The molecule has 0 fully saturated rings. The summed E-state index contributed by atoms with van der Waals surface area (Å²) in [4.78, 5) is 17.3. The number of carbonyl (C=O) groups is 1. The first-order chi connectivity index (χ1) is 12.7. The minimum atomic E-state index is -0.280. The van der Waals surface area contributed by atoms with E-state index >= 15 is 0 Å². The Balaban J connectivity index is 1.62. The van der Waals surface area contributed by atoms with Crippen LogP contribution in [0.1, 0.15) is 15.9 Å². The van der Waals surface area contributed by atoms with Gasteiger partial charge in [-0.05, 0) is 0 Å². The van der Waals surface area contributed by atoms with Gasteiger partial charge >= 0.3 is 163 Å². The monoisotopic (exact) mass is 426 g/mol. The molecule has 0 aliphatic rings. The molecule has 0 N–H and O–H groups in total. The number of para-hydroxylation sites is 2. The van der Waals surface area contributed by atoms with Gasteiger partial charge in [-0.2, -0.15) is 0 Å². The summed E-state index contributed by atoms with van der Waals surface area (Å²) in [6.45, 7) is 0.624. The second-order valence-electron chi connectivity index (χ2n) is 5.86. The number of aromatic nitrogens is 2. The van der Waals surface area contributed by atoms with Crippen molar-refractivity contribution in [1.29, 1.82) is 0 Å². The number of imidazole rings is 1. The van der Waals surface area contributed by atoms with E-state index < -0.39 is 0 Å². The van der Waals surface area contributed by atoms with Crippen LogP contribution >= 0.6 is 11.6 Å². The molecule has 0 amide bonds. The van der Waals surface area contributed by atoms with E-state index in [4.69, 9.17) is 11.6 Å². The Kier molecular flexibility index (Phi) is 4.89. The van der Waals surface area contributed by atoms with Gasteiger partial charge in [-0.1, -0.05) is 0 Å². The van der Waals surface area contributed by atoms with Crippen LogP contribution in [0.25, 0.3) is 11.0 Å². The van der Waals surface area contributed by atoms with Crippen molar-refractivity contribution in [3.63, 3.8) is 0 Å². The molecular formula is C21H15ClN2OSe. The molecule has 1 aromatic heterocycles. The molecule has 128 valence electrons. The zero-order valence-corrected chi connectivity index (χ0v) is 16.3. The summed E-state index contributed by atoms with van der Waals surface area (Å²) in [6.07, 6.45) is 1.83. The topological polar surface area (TPSA) is 34.9 Å². The molecule has 0 unspecified atom stereocenters. The average Bonchev–Trinajstić information content (AvgIpc) is 3.07. The van der Waals surface area contributed by atoms with E-state index in [-0.39, 0.29) is 19.6 Å². The Morgan fingerprint density at radius 1 is 0.962 bits per heavy atom. The van der Waals surface area contributed by atoms with Gasteiger partial charge in [-0.15, -0.1) is 0 Å². The molecule has 3 nitrogen and oxygen atoms in total. The summed E-state index contributed by atoms with van der Waals surface area (Å²) < 4.78 is 3.27. The van der Waals surface area contributed by atoms with E-state index in [9.17, 15) is 4.79 Å². The van der Waals surface area contributed by atoms with Gasteiger partial charge in [-0.25, -0.2) is 0 Å². The zero-order valence-electron chi connectivity index (χ0n) is 13.8. The number of nitrogens with zero attached hydrogens (tertiary/aromatic N) is 2. The van der Waals surface area contributed by atoms with Crippen molar-refractivity contribution in [1.82, 2.24) is 9.55 Å². The van der Waals surface area contributed by atoms with Gasteiger partial charge in [-0.3, -0.25) is 0 Å². The Labute approximate surface area is 162 Å². The first-order valence-electron chi connectivity index (χ1n) is 8.16. The number of halogens is 1. The van der Waals surface area contributed by atoms with Gasteiger partial charge in [0.15, 0.2) is 0 Å². The summed E-state index contributed by atoms with van der Waals surface area (Å²) in [5.41, 5.74) is 3.82. The molecule has 0 aliphatic heterocycles. The SMILES string of the molecule is O=C([Se]c1ccc(Cl)cc1)c1ccccc1Cn1cnc2ccccc21. The summed E-state index contributed by atoms with van der Waals surface area (Å²) in [6, 6.07) is 23.3. The number of fused-ring (bicyclic) bond motifs is 1. The third kappa shape index (κ3) is 3.58. The number of hydrogen-bond donors (Lipinski definition) is 0. The van der Waals surface area contributed by atoms with Crippen molar-refractivity contribution in [3.05, 3.63) is 95.3 Å². The number of carbonyl (C=O) groups excluding carboxylic acids is 1. The van der Waals surface area contributed by atoms with Crippen molar-refractivity contribution in [3.8, 4) is 0 Å². The van der Waals surface area contributed by atoms with Gasteiger partial charge in [0.1, 0.15) is 0 Å². The molecule has 4 rings (SSSR count). The second kappa shape index (κ2) is 7.46.